The number of benzene rings is 1. The normalized spacial score (nSPS) is 13.6. The summed E-state index contributed by atoms with van der Waals surface area (Å²) in [6, 6.07) is 8.16. The van der Waals surface area contributed by atoms with Crippen molar-refractivity contribution >= 4 is 10.9 Å². The second kappa shape index (κ2) is 6.87. The van der Waals surface area contributed by atoms with Crippen molar-refractivity contribution < 1.29 is 4.74 Å². The molecule has 0 amide bonds. The maximum atomic E-state index is 9.09. The minimum Gasteiger partial charge on any atom is -0.467 e. The van der Waals surface area contributed by atoms with Gasteiger partial charge in [0, 0.05) is 29.4 Å². The first-order valence-electron chi connectivity index (χ1n) is 7.95. The van der Waals surface area contributed by atoms with Gasteiger partial charge in [-0.1, -0.05) is 0 Å². The minimum atomic E-state index is -0.0775. The first kappa shape index (κ1) is 16.9. The van der Waals surface area contributed by atoms with E-state index < -0.39 is 0 Å². The molecular formula is C18H20N6O. The lowest BCUT2D eigenvalue weighted by atomic mass is 10.0. The maximum Gasteiger partial charge on any atom is 0.316 e. The molecule has 3 rings (SSSR count). The molecule has 0 unspecified atom stereocenters. The lowest BCUT2D eigenvalue weighted by Gasteiger charge is -2.30. The molecule has 0 spiro atoms. The van der Waals surface area contributed by atoms with Crippen molar-refractivity contribution in [2.75, 3.05) is 21.2 Å². The second-order valence-electron chi connectivity index (χ2n) is 6.13. The van der Waals surface area contributed by atoms with Crippen LogP contribution in [0.4, 0.5) is 0 Å². The smallest absolute Gasteiger partial charge is 0.316 e. The molecule has 3 aromatic rings. The van der Waals surface area contributed by atoms with E-state index in [0.717, 1.165) is 16.5 Å². The molecule has 128 valence electrons. The van der Waals surface area contributed by atoms with Gasteiger partial charge in [-0.15, -0.1) is 0 Å². The van der Waals surface area contributed by atoms with Crippen molar-refractivity contribution in [2.24, 2.45) is 0 Å². The van der Waals surface area contributed by atoms with Crippen LogP contribution in [-0.2, 0) is 0 Å². The molecule has 0 aliphatic rings. The molecule has 0 radical (unpaired) electrons. The highest BCUT2D eigenvalue weighted by Gasteiger charge is 2.26. The van der Waals surface area contributed by atoms with Crippen LogP contribution in [0.5, 0.6) is 6.01 Å². The summed E-state index contributed by atoms with van der Waals surface area (Å²) < 4.78 is 7.02. The van der Waals surface area contributed by atoms with Gasteiger partial charge in [-0.3, -0.25) is 4.68 Å². The van der Waals surface area contributed by atoms with E-state index in [1.165, 1.54) is 0 Å². The van der Waals surface area contributed by atoms with Crippen molar-refractivity contribution in [1.82, 2.24) is 24.6 Å². The van der Waals surface area contributed by atoms with Crippen LogP contribution in [0.15, 0.2) is 36.8 Å². The maximum absolute atomic E-state index is 9.09. The Labute approximate surface area is 146 Å². The van der Waals surface area contributed by atoms with Gasteiger partial charge in [0.05, 0.1) is 36.5 Å². The Bertz CT molecular complexity index is 909. The molecule has 1 aromatic carbocycles. The lowest BCUT2D eigenvalue weighted by molar-refractivity contribution is 0.245. The van der Waals surface area contributed by atoms with Crippen LogP contribution in [0.25, 0.3) is 10.9 Å². The summed E-state index contributed by atoms with van der Waals surface area (Å²) in [6.07, 6.45) is 5.33. The van der Waals surface area contributed by atoms with Crippen molar-refractivity contribution in [3.8, 4) is 12.1 Å². The summed E-state index contributed by atoms with van der Waals surface area (Å²) in [7, 11) is 5.60. The van der Waals surface area contributed by atoms with E-state index in [9.17, 15) is 0 Å². The van der Waals surface area contributed by atoms with Gasteiger partial charge in [-0.25, -0.2) is 9.97 Å². The van der Waals surface area contributed by atoms with Gasteiger partial charge in [0.2, 0.25) is 0 Å². The molecule has 2 atom stereocenters. The Morgan fingerprint density at radius 1 is 1.20 bits per heavy atom. The monoisotopic (exact) mass is 336 g/mol. The largest absolute Gasteiger partial charge is 0.467 e. The van der Waals surface area contributed by atoms with Gasteiger partial charge >= 0.3 is 6.01 Å². The molecule has 25 heavy (non-hydrogen) atoms. The van der Waals surface area contributed by atoms with Gasteiger partial charge < -0.3 is 9.64 Å². The number of nitriles is 1. The Kier molecular flexibility index (Phi) is 4.63. The van der Waals surface area contributed by atoms with Gasteiger partial charge in [0.1, 0.15) is 0 Å². The van der Waals surface area contributed by atoms with E-state index in [0.29, 0.717) is 11.6 Å². The van der Waals surface area contributed by atoms with Crippen molar-refractivity contribution in [1.29, 1.82) is 5.26 Å². The Morgan fingerprint density at radius 2 is 1.92 bits per heavy atom. The predicted molar refractivity (Wildman–Crippen MR) is 94.3 cm³/mol. The molecule has 0 aliphatic heterocycles. The lowest BCUT2D eigenvalue weighted by Crippen LogP contribution is -2.35. The third-order valence-corrected chi connectivity index (χ3v) is 4.43. The van der Waals surface area contributed by atoms with Crippen molar-refractivity contribution in [3.05, 3.63) is 47.9 Å². The number of nitrogens with zero attached hydrogens (tertiary/aromatic N) is 6. The average molecular weight is 336 g/mol. The highest BCUT2D eigenvalue weighted by Crippen LogP contribution is 2.28. The number of methoxy groups -OCH3 is 1. The SMILES string of the molecule is COc1ncc([C@H]([C@H](C)N(C)C)n2ncc3cc(C#N)ccc32)cn1. The summed E-state index contributed by atoms with van der Waals surface area (Å²) in [6.45, 7) is 2.13. The molecule has 2 heterocycles. The number of rotatable bonds is 5. The number of hydrogen-bond donors (Lipinski definition) is 0. The fraction of sp³-hybridized carbons (Fsp3) is 0.333. The topological polar surface area (TPSA) is 79.9 Å². The van der Waals surface area contributed by atoms with Crippen molar-refractivity contribution in [2.45, 2.75) is 19.0 Å². The van der Waals surface area contributed by atoms with Crippen LogP contribution in [-0.4, -0.2) is 51.9 Å². The standard InChI is InChI=1S/C18H20N6O/c1-12(23(2)3)17(15-9-20-18(25-4)21-10-15)24-16-6-5-13(8-19)7-14(16)11-22-24/h5-7,9-12,17H,1-4H3/t12-,17-/m0/s1. The van der Waals surface area contributed by atoms with Crippen LogP contribution in [0.1, 0.15) is 24.1 Å². The van der Waals surface area contributed by atoms with E-state index in [2.05, 4.69) is 33.0 Å². The molecule has 7 nitrogen and oxygen atoms in total. The van der Waals surface area contributed by atoms with Gasteiger partial charge in [-0.05, 0) is 39.2 Å². The van der Waals surface area contributed by atoms with Crippen molar-refractivity contribution in [3.63, 3.8) is 0 Å². The van der Waals surface area contributed by atoms with Crippen LogP contribution >= 0.6 is 0 Å². The van der Waals surface area contributed by atoms with Crippen LogP contribution in [0.2, 0.25) is 0 Å². The fourth-order valence-electron chi connectivity index (χ4n) is 2.84. The number of fused-ring (bicyclic) bond motifs is 1. The highest BCUT2D eigenvalue weighted by molar-refractivity contribution is 5.80. The van der Waals surface area contributed by atoms with E-state index in [-0.39, 0.29) is 12.1 Å². The number of aromatic nitrogens is 4. The molecule has 2 aromatic heterocycles. The van der Waals surface area contributed by atoms with Crippen LogP contribution < -0.4 is 4.74 Å². The summed E-state index contributed by atoms with van der Waals surface area (Å²) >= 11 is 0. The highest BCUT2D eigenvalue weighted by atomic mass is 16.5. The molecule has 0 aliphatic carbocycles. The average Bonchev–Trinajstić information content (AvgIpc) is 3.05. The second-order valence-corrected chi connectivity index (χ2v) is 6.13. The summed E-state index contributed by atoms with van der Waals surface area (Å²) in [4.78, 5) is 10.6. The zero-order valence-electron chi connectivity index (χ0n) is 14.7. The molecule has 0 fully saturated rings. The quantitative estimate of drug-likeness (QED) is 0.711. The van der Waals surface area contributed by atoms with Gasteiger partial charge in [0.25, 0.3) is 0 Å². The molecule has 0 N–H and O–H groups in total. The Morgan fingerprint density at radius 3 is 2.52 bits per heavy atom. The summed E-state index contributed by atoms with van der Waals surface area (Å²) in [5.74, 6) is 0. The van der Waals surface area contributed by atoms with E-state index in [1.54, 1.807) is 25.7 Å². The number of hydrogen-bond acceptors (Lipinski definition) is 6. The minimum absolute atomic E-state index is 0.0775. The summed E-state index contributed by atoms with van der Waals surface area (Å²) in [5, 5.41) is 14.6. The third-order valence-electron chi connectivity index (χ3n) is 4.43. The van der Waals surface area contributed by atoms with Gasteiger partial charge in [-0.2, -0.15) is 10.4 Å². The molecule has 0 saturated carbocycles. The molecule has 0 bridgehead atoms. The molecule has 7 heteroatoms. The number of ether oxygens (including phenoxy) is 1. The molecule has 0 saturated heterocycles. The van der Waals surface area contributed by atoms with Crippen LogP contribution in [0.3, 0.4) is 0 Å². The first-order chi connectivity index (χ1) is 12.0. The van der Waals surface area contributed by atoms with E-state index in [1.807, 2.05) is 37.0 Å². The Hall–Kier alpha value is -2.98. The zero-order chi connectivity index (χ0) is 18.0. The van der Waals surface area contributed by atoms with E-state index >= 15 is 0 Å². The number of likely N-dealkylation sites (N-methyl/N-ethyl adjacent to an activating group) is 1. The summed E-state index contributed by atoms with van der Waals surface area (Å²) in [5.41, 5.74) is 2.53. The van der Waals surface area contributed by atoms with Crippen LogP contribution in [0, 0.1) is 11.3 Å². The van der Waals surface area contributed by atoms with E-state index in [4.69, 9.17) is 10.00 Å². The predicted octanol–water partition coefficient (Wildman–Crippen LogP) is 2.25. The molecular weight excluding hydrogens is 316 g/mol. The fourth-order valence-corrected chi connectivity index (χ4v) is 2.84. The Balaban J connectivity index is 2.13. The first-order valence-corrected chi connectivity index (χ1v) is 7.95. The third kappa shape index (κ3) is 3.16. The zero-order valence-corrected chi connectivity index (χ0v) is 14.7. The van der Waals surface area contributed by atoms with Gasteiger partial charge in [0.15, 0.2) is 0 Å².